The van der Waals surface area contributed by atoms with Gasteiger partial charge >= 0.3 is 0 Å². The summed E-state index contributed by atoms with van der Waals surface area (Å²) in [5, 5.41) is 6.11. The standard InChI is InChI=1S/C23H26N4O2/c1-14(2)29-20-9-7-6-8-18(20)25-22(28)19-10-11-24-23(26-19)27-21-16(4)12-15(3)13-17(21)5/h6-14H,1-5H3,(H,25,28)(H,24,26,27). The van der Waals surface area contributed by atoms with Gasteiger partial charge in [0, 0.05) is 11.9 Å². The van der Waals surface area contributed by atoms with E-state index in [0.29, 0.717) is 17.4 Å². The quantitative estimate of drug-likeness (QED) is 0.606. The molecule has 3 rings (SSSR count). The Balaban J connectivity index is 1.81. The topological polar surface area (TPSA) is 76.1 Å². The van der Waals surface area contributed by atoms with E-state index in [2.05, 4.69) is 39.7 Å². The molecule has 1 heterocycles. The zero-order chi connectivity index (χ0) is 21.0. The third kappa shape index (κ3) is 5.10. The van der Waals surface area contributed by atoms with Gasteiger partial charge < -0.3 is 15.4 Å². The Morgan fingerprint density at radius 3 is 2.41 bits per heavy atom. The fourth-order valence-electron chi connectivity index (χ4n) is 3.15. The summed E-state index contributed by atoms with van der Waals surface area (Å²) in [7, 11) is 0. The molecule has 0 saturated carbocycles. The van der Waals surface area contributed by atoms with Crippen molar-refractivity contribution in [1.29, 1.82) is 0 Å². The van der Waals surface area contributed by atoms with E-state index in [1.807, 2.05) is 45.9 Å². The monoisotopic (exact) mass is 390 g/mol. The summed E-state index contributed by atoms with van der Waals surface area (Å²) in [6.45, 7) is 10.0. The van der Waals surface area contributed by atoms with Gasteiger partial charge in [-0.25, -0.2) is 9.97 Å². The smallest absolute Gasteiger partial charge is 0.274 e. The van der Waals surface area contributed by atoms with E-state index in [9.17, 15) is 4.79 Å². The van der Waals surface area contributed by atoms with Crippen LogP contribution in [-0.4, -0.2) is 22.0 Å². The van der Waals surface area contributed by atoms with E-state index < -0.39 is 0 Å². The second-order valence-electron chi connectivity index (χ2n) is 7.28. The second-order valence-corrected chi connectivity index (χ2v) is 7.28. The highest BCUT2D eigenvalue weighted by Crippen LogP contribution is 2.26. The van der Waals surface area contributed by atoms with Crippen LogP contribution in [0.15, 0.2) is 48.7 Å². The number of hydrogen-bond donors (Lipinski definition) is 2. The number of nitrogens with zero attached hydrogens (tertiary/aromatic N) is 2. The van der Waals surface area contributed by atoms with Gasteiger partial charge in [-0.3, -0.25) is 4.79 Å². The molecule has 0 aliphatic carbocycles. The molecule has 6 heteroatoms. The number of aryl methyl sites for hydroxylation is 3. The van der Waals surface area contributed by atoms with Crippen molar-refractivity contribution in [3.8, 4) is 5.75 Å². The van der Waals surface area contributed by atoms with Gasteiger partial charge in [-0.05, 0) is 63.9 Å². The first-order valence-electron chi connectivity index (χ1n) is 9.58. The molecule has 0 atom stereocenters. The average Bonchev–Trinajstić information content (AvgIpc) is 2.66. The molecule has 0 aliphatic heterocycles. The molecule has 0 spiro atoms. The first-order valence-corrected chi connectivity index (χ1v) is 9.58. The number of carbonyl (C=O) groups excluding carboxylic acids is 1. The Labute approximate surface area is 171 Å². The summed E-state index contributed by atoms with van der Waals surface area (Å²) in [6.07, 6.45) is 1.57. The first-order chi connectivity index (χ1) is 13.8. The zero-order valence-corrected chi connectivity index (χ0v) is 17.4. The Kier molecular flexibility index (Phi) is 6.12. The Bertz CT molecular complexity index is 1010. The minimum Gasteiger partial charge on any atom is -0.489 e. The summed E-state index contributed by atoms with van der Waals surface area (Å²) in [5.74, 6) is 0.668. The predicted molar refractivity (Wildman–Crippen MR) is 116 cm³/mol. The van der Waals surface area contributed by atoms with Gasteiger partial charge in [-0.2, -0.15) is 0 Å². The van der Waals surface area contributed by atoms with Crippen molar-refractivity contribution < 1.29 is 9.53 Å². The summed E-state index contributed by atoms with van der Waals surface area (Å²) in [4.78, 5) is 21.4. The molecule has 150 valence electrons. The van der Waals surface area contributed by atoms with Crippen molar-refractivity contribution in [1.82, 2.24) is 9.97 Å². The maximum Gasteiger partial charge on any atom is 0.274 e. The van der Waals surface area contributed by atoms with Crippen molar-refractivity contribution in [2.24, 2.45) is 0 Å². The lowest BCUT2D eigenvalue weighted by Crippen LogP contribution is -2.16. The van der Waals surface area contributed by atoms with Crippen molar-refractivity contribution >= 4 is 23.2 Å². The van der Waals surface area contributed by atoms with Gasteiger partial charge in [0.05, 0.1) is 11.8 Å². The van der Waals surface area contributed by atoms with Crippen LogP contribution in [0.4, 0.5) is 17.3 Å². The molecule has 2 aromatic carbocycles. The van der Waals surface area contributed by atoms with Crippen molar-refractivity contribution in [2.75, 3.05) is 10.6 Å². The van der Waals surface area contributed by atoms with Gasteiger partial charge in [0.2, 0.25) is 5.95 Å². The van der Waals surface area contributed by atoms with Crippen LogP contribution in [0, 0.1) is 20.8 Å². The third-order valence-electron chi connectivity index (χ3n) is 4.30. The van der Waals surface area contributed by atoms with E-state index in [1.54, 1.807) is 18.3 Å². The highest BCUT2D eigenvalue weighted by Gasteiger charge is 2.14. The SMILES string of the molecule is Cc1cc(C)c(Nc2nccc(C(=O)Nc3ccccc3OC(C)C)n2)c(C)c1. The van der Waals surface area contributed by atoms with Crippen molar-refractivity contribution in [2.45, 2.75) is 40.7 Å². The van der Waals surface area contributed by atoms with Crippen LogP contribution in [0.2, 0.25) is 0 Å². The number of benzene rings is 2. The molecule has 1 aromatic heterocycles. The number of rotatable bonds is 6. The lowest BCUT2D eigenvalue weighted by Gasteiger charge is -2.15. The first kappa shape index (κ1) is 20.3. The molecule has 29 heavy (non-hydrogen) atoms. The molecule has 0 aliphatic rings. The molecular formula is C23H26N4O2. The molecule has 3 aromatic rings. The number of para-hydroxylation sites is 2. The number of ether oxygens (including phenoxy) is 1. The highest BCUT2D eigenvalue weighted by molar-refractivity contribution is 6.03. The molecule has 1 amide bonds. The maximum atomic E-state index is 12.8. The molecule has 2 N–H and O–H groups in total. The van der Waals surface area contributed by atoms with E-state index in [4.69, 9.17) is 4.74 Å². The number of carbonyl (C=O) groups is 1. The summed E-state index contributed by atoms with van der Waals surface area (Å²) in [5.41, 5.74) is 5.21. The number of hydrogen-bond acceptors (Lipinski definition) is 5. The third-order valence-corrected chi connectivity index (χ3v) is 4.30. The Morgan fingerprint density at radius 2 is 1.72 bits per heavy atom. The number of amides is 1. The molecule has 0 radical (unpaired) electrons. The summed E-state index contributed by atoms with van der Waals surface area (Å²) >= 11 is 0. The van der Waals surface area contributed by atoms with E-state index in [0.717, 1.165) is 16.8 Å². The lowest BCUT2D eigenvalue weighted by molar-refractivity contribution is 0.102. The van der Waals surface area contributed by atoms with Gasteiger partial charge in [0.1, 0.15) is 11.4 Å². The van der Waals surface area contributed by atoms with Crippen LogP contribution in [0.1, 0.15) is 41.0 Å². The van der Waals surface area contributed by atoms with Crippen LogP contribution in [0.3, 0.4) is 0 Å². The predicted octanol–water partition coefficient (Wildman–Crippen LogP) is 5.18. The molecule has 0 fully saturated rings. The highest BCUT2D eigenvalue weighted by atomic mass is 16.5. The largest absolute Gasteiger partial charge is 0.489 e. The maximum absolute atomic E-state index is 12.8. The summed E-state index contributed by atoms with van der Waals surface area (Å²) < 4.78 is 5.76. The molecular weight excluding hydrogens is 364 g/mol. The van der Waals surface area contributed by atoms with E-state index in [-0.39, 0.29) is 17.7 Å². The fourth-order valence-corrected chi connectivity index (χ4v) is 3.15. The fraction of sp³-hybridized carbons (Fsp3) is 0.261. The minimum absolute atomic E-state index is 0.00361. The molecule has 0 saturated heterocycles. The van der Waals surface area contributed by atoms with Crippen molar-refractivity contribution in [3.05, 3.63) is 71.0 Å². The van der Waals surface area contributed by atoms with Crippen LogP contribution >= 0.6 is 0 Å². The van der Waals surface area contributed by atoms with Crippen LogP contribution in [-0.2, 0) is 0 Å². The normalized spacial score (nSPS) is 10.7. The van der Waals surface area contributed by atoms with Crippen LogP contribution in [0.25, 0.3) is 0 Å². The van der Waals surface area contributed by atoms with Gasteiger partial charge in [0.15, 0.2) is 0 Å². The minimum atomic E-state index is -0.326. The second kappa shape index (κ2) is 8.73. The van der Waals surface area contributed by atoms with Gasteiger partial charge in [-0.15, -0.1) is 0 Å². The number of nitrogens with one attached hydrogen (secondary N) is 2. The molecule has 0 unspecified atom stereocenters. The van der Waals surface area contributed by atoms with E-state index >= 15 is 0 Å². The average molecular weight is 390 g/mol. The Morgan fingerprint density at radius 1 is 1.03 bits per heavy atom. The van der Waals surface area contributed by atoms with Gasteiger partial charge in [-0.1, -0.05) is 29.8 Å². The molecule has 6 nitrogen and oxygen atoms in total. The van der Waals surface area contributed by atoms with Crippen LogP contribution < -0.4 is 15.4 Å². The lowest BCUT2D eigenvalue weighted by atomic mass is 10.1. The number of anilines is 3. The van der Waals surface area contributed by atoms with Crippen molar-refractivity contribution in [3.63, 3.8) is 0 Å². The van der Waals surface area contributed by atoms with Crippen LogP contribution in [0.5, 0.6) is 5.75 Å². The summed E-state index contributed by atoms with van der Waals surface area (Å²) in [6, 6.07) is 13.1. The zero-order valence-electron chi connectivity index (χ0n) is 17.4. The molecule has 0 bridgehead atoms. The Hall–Kier alpha value is -3.41. The van der Waals surface area contributed by atoms with E-state index in [1.165, 1.54) is 5.56 Å². The number of aromatic nitrogens is 2. The van der Waals surface area contributed by atoms with Gasteiger partial charge in [0.25, 0.3) is 5.91 Å².